The molecular weight excluding hydrogens is 567 g/mol. The summed E-state index contributed by atoms with van der Waals surface area (Å²) in [5.41, 5.74) is 3.04. The lowest BCUT2D eigenvalue weighted by Gasteiger charge is -2.24. The standard InChI is InChI=1S/C33H33FN4O6/c1-33(2,3)44-32(40)38-17-24(34)29(18-38)42-26-10-8-19(13-21(26)16-35)22-11-12-36-25-15-28(43-30(22)25)23-9-7-20(14-27(23)41-6)31(39)37(4)5/h7-15,24,29H,17-18H2,1-6H3. The summed E-state index contributed by atoms with van der Waals surface area (Å²) in [6.07, 6.45) is -1.37. The molecule has 2 aromatic heterocycles. The predicted octanol–water partition coefficient (Wildman–Crippen LogP) is 6.08. The summed E-state index contributed by atoms with van der Waals surface area (Å²) in [7, 11) is 4.88. The highest BCUT2D eigenvalue weighted by molar-refractivity contribution is 5.96. The zero-order valence-electron chi connectivity index (χ0n) is 25.4. The Bertz CT molecular complexity index is 1770. The number of aromatic nitrogens is 1. The van der Waals surface area contributed by atoms with Crippen LogP contribution in [-0.2, 0) is 4.74 Å². The van der Waals surface area contributed by atoms with Gasteiger partial charge in [0.2, 0.25) is 0 Å². The molecular formula is C33H33FN4O6. The summed E-state index contributed by atoms with van der Waals surface area (Å²) in [6, 6.07) is 15.8. The maximum Gasteiger partial charge on any atom is 0.410 e. The van der Waals surface area contributed by atoms with E-state index in [1.54, 1.807) is 89.6 Å². The van der Waals surface area contributed by atoms with Gasteiger partial charge in [-0.05, 0) is 62.7 Å². The number of hydrogen-bond acceptors (Lipinski definition) is 8. The number of furan rings is 1. The smallest absolute Gasteiger partial charge is 0.410 e. The van der Waals surface area contributed by atoms with E-state index < -0.39 is 24.0 Å². The Hall–Kier alpha value is -5.11. The van der Waals surface area contributed by atoms with Crippen LogP contribution in [0.1, 0.15) is 36.7 Å². The molecule has 1 fully saturated rings. The first-order valence-electron chi connectivity index (χ1n) is 14.0. The van der Waals surface area contributed by atoms with Gasteiger partial charge in [0.15, 0.2) is 11.8 Å². The number of benzene rings is 2. The second kappa shape index (κ2) is 11.9. The molecule has 3 heterocycles. The zero-order chi connectivity index (χ0) is 31.8. The second-order valence-corrected chi connectivity index (χ2v) is 11.7. The van der Waals surface area contributed by atoms with E-state index in [9.17, 15) is 19.2 Å². The molecule has 0 saturated carbocycles. The molecule has 44 heavy (non-hydrogen) atoms. The third-order valence-electron chi connectivity index (χ3n) is 7.07. The van der Waals surface area contributed by atoms with E-state index in [2.05, 4.69) is 11.1 Å². The topological polar surface area (TPSA) is 118 Å². The van der Waals surface area contributed by atoms with Gasteiger partial charge in [-0.3, -0.25) is 9.78 Å². The number of likely N-dealkylation sites (tertiary alicyclic amines) is 1. The first-order valence-corrected chi connectivity index (χ1v) is 14.0. The molecule has 2 unspecified atom stereocenters. The van der Waals surface area contributed by atoms with E-state index in [0.717, 1.165) is 0 Å². The number of rotatable bonds is 6. The summed E-state index contributed by atoms with van der Waals surface area (Å²) in [6.45, 7) is 5.07. The summed E-state index contributed by atoms with van der Waals surface area (Å²) in [5, 5.41) is 9.93. The number of pyridine rings is 1. The van der Waals surface area contributed by atoms with Crippen LogP contribution < -0.4 is 9.47 Å². The van der Waals surface area contributed by atoms with Gasteiger partial charge < -0.3 is 28.4 Å². The number of amides is 2. The highest BCUT2D eigenvalue weighted by Gasteiger charge is 2.39. The predicted molar refractivity (Wildman–Crippen MR) is 161 cm³/mol. The molecule has 5 rings (SSSR count). The summed E-state index contributed by atoms with van der Waals surface area (Å²) < 4.78 is 38.0. The number of hydrogen-bond donors (Lipinski definition) is 0. The van der Waals surface area contributed by atoms with Gasteiger partial charge in [0.05, 0.1) is 31.3 Å². The van der Waals surface area contributed by atoms with E-state index in [1.165, 1.54) is 16.9 Å². The summed E-state index contributed by atoms with van der Waals surface area (Å²) in [5.74, 6) is 1.01. The van der Waals surface area contributed by atoms with Crippen LogP contribution in [0.25, 0.3) is 33.6 Å². The minimum absolute atomic E-state index is 0.00338. The molecule has 0 spiro atoms. The summed E-state index contributed by atoms with van der Waals surface area (Å²) in [4.78, 5) is 32.1. The number of alkyl halides is 1. The lowest BCUT2D eigenvalue weighted by Crippen LogP contribution is -2.36. The third kappa shape index (κ3) is 6.15. The Kier molecular flexibility index (Phi) is 8.19. The molecule has 11 heteroatoms. The molecule has 0 N–H and O–H groups in total. The number of carbonyl (C=O) groups excluding carboxylic acids is 2. The van der Waals surface area contributed by atoms with Crippen LogP contribution in [0, 0.1) is 11.3 Å². The molecule has 2 aromatic carbocycles. The van der Waals surface area contributed by atoms with Gasteiger partial charge in [-0.25, -0.2) is 9.18 Å². The van der Waals surface area contributed by atoms with Crippen LogP contribution in [0.3, 0.4) is 0 Å². The van der Waals surface area contributed by atoms with Gasteiger partial charge in [0.1, 0.15) is 40.6 Å². The van der Waals surface area contributed by atoms with Gasteiger partial charge in [-0.1, -0.05) is 6.07 Å². The van der Waals surface area contributed by atoms with Crippen molar-refractivity contribution in [3.8, 4) is 40.0 Å². The minimum Gasteiger partial charge on any atom is -0.496 e. The monoisotopic (exact) mass is 600 g/mol. The first-order chi connectivity index (χ1) is 20.9. The van der Waals surface area contributed by atoms with E-state index in [4.69, 9.17) is 18.6 Å². The Morgan fingerprint density at radius 1 is 1.07 bits per heavy atom. The van der Waals surface area contributed by atoms with E-state index >= 15 is 0 Å². The lowest BCUT2D eigenvalue weighted by molar-refractivity contribution is 0.0273. The highest BCUT2D eigenvalue weighted by Crippen LogP contribution is 2.38. The first kappa shape index (κ1) is 30.4. The van der Waals surface area contributed by atoms with Crippen LogP contribution in [0.2, 0.25) is 0 Å². The fourth-order valence-corrected chi connectivity index (χ4v) is 4.96. The van der Waals surface area contributed by atoms with Crippen LogP contribution in [0.15, 0.2) is 59.1 Å². The number of nitriles is 1. The van der Waals surface area contributed by atoms with Crippen LogP contribution in [0.4, 0.5) is 9.18 Å². The van der Waals surface area contributed by atoms with Crippen LogP contribution >= 0.6 is 0 Å². The van der Waals surface area contributed by atoms with Crippen molar-refractivity contribution in [3.05, 3.63) is 65.9 Å². The Morgan fingerprint density at radius 2 is 1.84 bits per heavy atom. The van der Waals surface area contributed by atoms with Gasteiger partial charge >= 0.3 is 6.09 Å². The second-order valence-electron chi connectivity index (χ2n) is 11.7. The molecule has 2 amide bonds. The fraction of sp³-hybridized carbons (Fsp3) is 0.333. The van der Waals surface area contributed by atoms with Gasteiger partial charge in [0, 0.05) is 37.5 Å². The van der Waals surface area contributed by atoms with Gasteiger partial charge in [0.25, 0.3) is 5.91 Å². The minimum atomic E-state index is -1.44. The van der Waals surface area contributed by atoms with E-state index in [1.807, 2.05) is 0 Å². The molecule has 1 saturated heterocycles. The number of fused-ring (bicyclic) bond motifs is 1. The largest absolute Gasteiger partial charge is 0.496 e. The molecule has 0 bridgehead atoms. The van der Waals surface area contributed by atoms with E-state index in [0.29, 0.717) is 44.9 Å². The van der Waals surface area contributed by atoms with Crippen molar-refractivity contribution in [2.24, 2.45) is 0 Å². The van der Waals surface area contributed by atoms with Crippen molar-refractivity contribution in [1.82, 2.24) is 14.8 Å². The summed E-state index contributed by atoms with van der Waals surface area (Å²) >= 11 is 0. The molecule has 1 aliphatic heterocycles. The normalized spacial score (nSPS) is 16.5. The number of ether oxygens (including phenoxy) is 3. The number of nitrogens with zero attached hydrogens (tertiary/aromatic N) is 4. The van der Waals surface area contributed by atoms with Crippen molar-refractivity contribution in [2.45, 2.75) is 38.6 Å². The maximum absolute atomic E-state index is 14.9. The fourth-order valence-electron chi connectivity index (χ4n) is 4.96. The Labute approximate surface area is 254 Å². The molecule has 10 nitrogen and oxygen atoms in total. The molecule has 228 valence electrons. The number of carbonyl (C=O) groups is 2. The Balaban J connectivity index is 1.42. The zero-order valence-corrected chi connectivity index (χ0v) is 25.4. The van der Waals surface area contributed by atoms with Crippen LogP contribution in [0.5, 0.6) is 11.5 Å². The Morgan fingerprint density at radius 3 is 2.52 bits per heavy atom. The quantitative estimate of drug-likeness (QED) is 0.261. The average Bonchev–Trinajstić information content (AvgIpc) is 3.59. The molecule has 1 aliphatic rings. The van der Waals surface area contributed by atoms with Crippen molar-refractivity contribution in [2.75, 3.05) is 34.3 Å². The molecule has 2 atom stereocenters. The molecule has 4 aromatic rings. The number of methoxy groups -OCH3 is 1. The number of halogens is 1. The lowest BCUT2D eigenvalue weighted by atomic mass is 10.0. The van der Waals surface area contributed by atoms with Crippen LogP contribution in [-0.4, -0.2) is 79.0 Å². The highest BCUT2D eigenvalue weighted by atomic mass is 19.1. The SMILES string of the molecule is COc1cc(C(=O)N(C)C)ccc1-c1cc2nccc(-c3ccc(OC4CN(C(=O)OC(C)(C)C)CC4F)c(C#N)c3)c2o1. The van der Waals surface area contributed by atoms with Crippen molar-refractivity contribution >= 4 is 23.1 Å². The van der Waals surface area contributed by atoms with Crippen molar-refractivity contribution in [3.63, 3.8) is 0 Å². The van der Waals surface area contributed by atoms with Crippen molar-refractivity contribution in [1.29, 1.82) is 5.26 Å². The maximum atomic E-state index is 14.9. The van der Waals surface area contributed by atoms with Gasteiger partial charge in [-0.15, -0.1) is 0 Å². The third-order valence-corrected chi connectivity index (χ3v) is 7.07. The van der Waals surface area contributed by atoms with Crippen molar-refractivity contribution < 1.29 is 32.6 Å². The van der Waals surface area contributed by atoms with E-state index in [-0.39, 0.29) is 30.3 Å². The molecule has 0 radical (unpaired) electrons. The average molecular weight is 601 g/mol. The molecule has 0 aliphatic carbocycles. The van der Waals surface area contributed by atoms with Gasteiger partial charge in [-0.2, -0.15) is 5.26 Å².